The molecule has 5 N–H and O–H groups in total. The SMILES string of the molecule is CCC(CN=C(C)N)SCC(N)(CC)C(=O)O. The molecule has 0 bridgehead atoms. The van der Waals surface area contributed by atoms with Crippen molar-refractivity contribution in [3.8, 4) is 0 Å². The molecule has 2 atom stereocenters. The zero-order valence-electron chi connectivity index (χ0n) is 10.8. The summed E-state index contributed by atoms with van der Waals surface area (Å²) in [5.41, 5.74) is 10.2. The Bertz CT molecular complexity index is 280. The Morgan fingerprint density at radius 2 is 2.12 bits per heavy atom. The van der Waals surface area contributed by atoms with E-state index in [9.17, 15) is 4.79 Å². The summed E-state index contributed by atoms with van der Waals surface area (Å²) in [6.45, 7) is 6.19. The van der Waals surface area contributed by atoms with Crippen LogP contribution in [0.4, 0.5) is 0 Å². The normalized spacial score (nSPS) is 17.5. The van der Waals surface area contributed by atoms with E-state index >= 15 is 0 Å². The fraction of sp³-hybridized carbons (Fsp3) is 0.818. The number of aliphatic imine (C=N–C) groups is 1. The van der Waals surface area contributed by atoms with Gasteiger partial charge >= 0.3 is 5.97 Å². The molecule has 5 nitrogen and oxygen atoms in total. The highest BCUT2D eigenvalue weighted by Crippen LogP contribution is 2.21. The van der Waals surface area contributed by atoms with E-state index in [2.05, 4.69) is 4.99 Å². The molecule has 0 aromatic carbocycles. The quantitative estimate of drug-likeness (QED) is 0.448. The largest absolute Gasteiger partial charge is 0.480 e. The number of hydrogen-bond acceptors (Lipinski definition) is 4. The number of aliphatic carboxylic acids is 1. The molecule has 100 valence electrons. The minimum atomic E-state index is -1.14. The first-order valence-corrected chi connectivity index (χ1v) is 6.81. The van der Waals surface area contributed by atoms with Crippen molar-refractivity contribution in [1.82, 2.24) is 0 Å². The molecule has 2 unspecified atom stereocenters. The van der Waals surface area contributed by atoms with Gasteiger partial charge in [0.05, 0.1) is 12.4 Å². The van der Waals surface area contributed by atoms with Crippen molar-refractivity contribution in [3.05, 3.63) is 0 Å². The van der Waals surface area contributed by atoms with Gasteiger partial charge in [-0.05, 0) is 19.8 Å². The van der Waals surface area contributed by atoms with Crippen molar-refractivity contribution < 1.29 is 9.90 Å². The summed E-state index contributed by atoms with van der Waals surface area (Å²) in [6.07, 6.45) is 1.34. The van der Waals surface area contributed by atoms with Gasteiger partial charge in [0.25, 0.3) is 0 Å². The monoisotopic (exact) mass is 261 g/mol. The van der Waals surface area contributed by atoms with Crippen LogP contribution in [0.5, 0.6) is 0 Å². The smallest absolute Gasteiger partial charge is 0.324 e. The minimum absolute atomic E-state index is 0.266. The molecule has 17 heavy (non-hydrogen) atoms. The Kier molecular flexibility index (Phi) is 7.22. The first kappa shape index (κ1) is 16.2. The van der Waals surface area contributed by atoms with Gasteiger partial charge in [0.15, 0.2) is 0 Å². The van der Waals surface area contributed by atoms with Crippen molar-refractivity contribution in [2.24, 2.45) is 16.5 Å². The summed E-state index contributed by atoms with van der Waals surface area (Å²) in [5.74, 6) is 0.00822. The molecule has 0 aromatic heterocycles. The van der Waals surface area contributed by atoms with Crippen LogP contribution in [0.1, 0.15) is 33.6 Å². The lowest BCUT2D eigenvalue weighted by molar-refractivity contribution is -0.142. The Morgan fingerprint density at radius 1 is 1.53 bits per heavy atom. The zero-order valence-corrected chi connectivity index (χ0v) is 11.6. The molecule has 0 amide bonds. The highest BCUT2D eigenvalue weighted by molar-refractivity contribution is 8.00. The van der Waals surface area contributed by atoms with Crippen LogP contribution in [-0.2, 0) is 4.79 Å². The number of nitrogens with zero attached hydrogens (tertiary/aromatic N) is 1. The Balaban J connectivity index is 4.31. The molecular formula is C11H23N3O2S. The topological polar surface area (TPSA) is 102 Å². The maximum Gasteiger partial charge on any atom is 0.324 e. The fourth-order valence-corrected chi connectivity index (χ4v) is 2.40. The molecule has 0 aliphatic carbocycles. The summed E-state index contributed by atoms with van der Waals surface area (Å²) < 4.78 is 0. The molecule has 6 heteroatoms. The van der Waals surface area contributed by atoms with Crippen LogP contribution < -0.4 is 11.5 Å². The second-order valence-electron chi connectivity index (χ2n) is 4.14. The van der Waals surface area contributed by atoms with Gasteiger partial charge in [0.1, 0.15) is 5.54 Å². The number of carboxylic acids is 1. The van der Waals surface area contributed by atoms with E-state index in [1.54, 1.807) is 25.6 Å². The molecule has 0 saturated carbocycles. The molecule has 0 radical (unpaired) electrons. The van der Waals surface area contributed by atoms with Gasteiger partial charge in [0.2, 0.25) is 0 Å². The van der Waals surface area contributed by atoms with Crippen molar-refractivity contribution in [1.29, 1.82) is 0 Å². The second-order valence-corrected chi connectivity index (χ2v) is 5.43. The van der Waals surface area contributed by atoms with Crippen LogP contribution in [0.15, 0.2) is 4.99 Å². The summed E-state index contributed by atoms with van der Waals surface area (Å²) in [6, 6.07) is 0. The molecule has 0 aliphatic rings. The summed E-state index contributed by atoms with van der Waals surface area (Å²) in [7, 11) is 0. The highest BCUT2D eigenvalue weighted by Gasteiger charge is 2.32. The van der Waals surface area contributed by atoms with E-state index in [-0.39, 0.29) is 5.25 Å². The highest BCUT2D eigenvalue weighted by atomic mass is 32.2. The number of nitrogens with two attached hydrogens (primary N) is 2. The van der Waals surface area contributed by atoms with E-state index in [0.717, 1.165) is 6.42 Å². The Morgan fingerprint density at radius 3 is 2.47 bits per heavy atom. The van der Waals surface area contributed by atoms with Gasteiger partial charge in [-0.25, -0.2) is 0 Å². The molecule has 0 aliphatic heterocycles. The molecule has 0 rings (SSSR count). The van der Waals surface area contributed by atoms with Gasteiger partial charge in [-0.3, -0.25) is 9.79 Å². The average Bonchev–Trinajstić information content (AvgIpc) is 2.28. The number of carbonyl (C=O) groups is 1. The van der Waals surface area contributed by atoms with Crippen LogP contribution in [0.25, 0.3) is 0 Å². The van der Waals surface area contributed by atoms with Crippen molar-refractivity contribution in [2.75, 3.05) is 12.3 Å². The minimum Gasteiger partial charge on any atom is -0.480 e. The van der Waals surface area contributed by atoms with Crippen LogP contribution in [0, 0.1) is 0 Å². The average molecular weight is 261 g/mol. The lowest BCUT2D eigenvalue weighted by Crippen LogP contribution is -2.50. The van der Waals surface area contributed by atoms with Crippen molar-refractivity contribution >= 4 is 23.6 Å². The van der Waals surface area contributed by atoms with E-state index in [4.69, 9.17) is 16.6 Å². The third-order valence-electron chi connectivity index (χ3n) is 2.63. The Labute approximate surface area is 107 Å². The first-order chi connectivity index (χ1) is 7.85. The molecule has 0 heterocycles. The standard InChI is InChI=1S/C11H23N3O2S/c1-4-9(6-14-8(3)12)17-7-11(13,5-2)10(15)16/h9H,4-7,13H2,1-3H3,(H2,12,14)(H,15,16). The Hall–Kier alpha value is -0.750. The van der Waals surface area contributed by atoms with Crippen molar-refractivity contribution in [3.63, 3.8) is 0 Å². The molecule has 0 aromatic rings. The first-order valence-electron chi connectivity index (χ1n) is 5.76. The van der Waals surface area contributed by atoms with Gasteiger partial charge in [-0.15, -0.1) is 0 Å². The van der Waals surface area contributed by atoms with Crippen LogP contribution in [0.2, 0.25) is 0 Å². The maximum atomic E-state index is 11.0. The van der Waals surface area contributed by atoms with Crippen LogP contribution >= 0.6 is 11.8 Å². The lowest BCUT2D eigenvalue weighted by Gasteiger charge is -2.24. The van der Waals surface area contributed by atoms with Crippen molar-refractivity contribution in [2.45, 2.75) is 44.4 Å². The summed E-state index contributed by atoms with van der Waals surface area (Å²) in [5, 5.41) is 9.32. The van der Waals surface area contributed by atoms with Gasteiger partial charge in [-0.2, -0.15) is 11.8 Å². The van der Waals surface area contributed by atoms with Gasteiger partial charge in [-0.1, -0.05) is 13.8 Å². The predicted molar refractivity (Wildman–Crippen MR) is 73.5 cm³/mol. The lowest BCUT2D eigenvalue weighted by atomic mass is 10.0. The van der Waals surface area contributed by atoms with E-state index in [1.165, 1.54) is 0 Å². The number of rotatable bonds is 8. The van der Waals surface area contributed by atoms with E-state index in [0.29, 0.717) is 24.6 Å². The predicted octanol–water partition coefficient (Wildman–Crippen LogP) is 1.07. The number of hydrogen-bond donors (Lipinski definition) is 3. The fourth-order valence-electron chi connectivity index (χ4n) is 1.13. The molecular weight excluding hydrogens is 238 g/mol. The summed E-state index contributed by atoms with van der Waals surface area (Å²) >= 11 is 1.55. The van der Waals surface area contributed by atoms with E-state index < -0.39 is 11.5 Å². The zero-order chi connectivity index (χ0) is 13.5. The number of thioether (sulfide) groups is 1. The molecule has 0 spiro atoms. The van der Waals surface area contributed by atoms with Gasteiger partial charge < -0.3 is 16.6 Å². The van der Waals surface area contributed by atoms with E-state index in [1.807, 2.05) is 6.92 Å². The number of carboxylic acid groups (broad SMARTS) is 1. The third kappa shape index (κ3) is 5.93. The van der Waals surface area contributed by atoms with Crippen LogP contribution in [0.3, 0.4) is 0 Å². The maximum absolute atomic E-state index is 11.0. The van der Waals surface area contributed by atoms with Crippen LogP contribution in [-0.4, -0.2) is 40.0 Å². The summed E-state index contributed by atoms with van der Waals surface area (Å²) in [4.78, 5) is 15.2. The third-order valence-corrected chi connectivity index (χ3v) is 4.27. The number of amidine groups is 1. The molecule has 0 fully saturated rings. The second kappa shape index (κ2) is 7.55. The molecule has 0 saturated heterocycles. The van der Waals surface area contributed by atoms with Gasteiger partial charge in [0, 0.05) is 11.0 Å².